The van der Waals surface area contributed by atoms with Crippen molar-refractivity contribution in [2.24, 2.45) is 5.92 Å². The van der Waals surface area contributed by atoms with E-state index in [4.69, 9.17) is 4.74 Å². The Kier molecular flexibility index (Phi) is 5.38. The molecule has 0 spiro atoms. The van der Waals surface area contributed by atoms with Gasteiger partial charge in [0.05, 0.1) is 6.04 Å². The van der Waals surface area contributed by atoms with Gasteiger partial charge in [0.1, 0.15) is 11.9 Å². The predicted molar refractivity (Wildman–Crippen MR) is 72.5 cm³/mol. The molecule has 0 fully saturated rings. The van der Waals surface area contributed by atoms with Crippen molar-refractivity contribution >= 4 is 12.4 Å². The zero-order valence-corrected chi connectivity index (χ0v) is 12.9. The van der Waals surface area contributed by atoms with Crippen LogP contribution in [-0.2, 0) is 9.53 Å². The minimum Gasteiger partial charge on any atom is -0.444 e. The SMILES string of the molecule is CC(C)C(C=O)N(C(=O)OC(C)(C)C)C(C)(C)C. The van der Waals surface area contributed by atoms with Crippen molar-refractivity contribution in [3.63, 3.8) is 0 Å². The van der Waals surface area contributed by atoms with Gasteiger partial charge in [-0.25, -0.2) is 4.79 Å². The monoisotopic (exact) mass is 257 g/mol. The van der Waals surface area contributed by atoms with Crippen LogP contribution >= 0.6 is 0 Å². The molecule has 0 aliphatic carbocycles. The molecule has 1 atom stereocenters. The number of hydrogen-bond acceptors (Lipinski definition) is 3. The van der Waals surface area contributed by atoms with E-state index in [1.54, 1.807) is 0 Å². The number of nitrogens with zero attached hydrogens (tertiary/aromatic N) is 1. The average Bonchev–Trinajstić information content (AvgIpc) is 2.07. The first-order valence-electron chi connectivity index (χ1n) is 6.37. The molecule has 0 aromatic carbocycles. The van der Waals surface area contributed by atoms with Crippen LogP contribution in [0.2, 0.25) is 0 Å². The van der Waals surface area contributed by atoms with Crippen LogP contribution in [0.5, 0.6) is 0 Å². The molecule has 0 bridgehead atoms. The van der Waals surface area contributed by atoms with Gasteiger partial charge in [-0.3, -0.25) is 4.90 Å². The molecule has 4 heteroatoms. The van der Waals surface area contributed by atoms with E-state index in [-0.39, 0.29) is 5.92 Å². The van der Waals surface area contributed by atoms with Gasteiger partial charge in [-0.1, -0.05) is 13.8 Å². The standard InChI is InChI=1S/C14H27NO3/c1-10(2)11(9-16)15(13(3,4)5)12(17)18-14(6,7)8/h9-11H,1-8H3. The lowest BCUT2D eigenvalue weighted by atomic mass is 9.97. The van der Waals surface area contributed by atoms with Gasteiger partial charge in [0.25, 0.3) is 0 Å². The first-order valence-corrected chi connectivity index (χ1v) is 6.37. The van der Waals surface area contributed by atoms with E-state index in [1.807, 2.05) is 55.4 Å². The van der Waals surface area contributed by atoms with Crippen molar-refractivity contribution in [3.05, 3.63) is 0 Å². The van der Waals surface area contributed by atoms with Gasteiger partial charge in [-0.05, 0) is 47.5 Å². The third-order valence-corrected chi connectivity index (χ3v) is 2.43. The molecule has 0 saturated heterocycles. The van der Waals surface area contributed by atoms with E-state index in [1.165, 1.54) is 4.90 Å². The second kappa shape index (κ2) is 5.72. The number of amides is 1. The van der Waals surface area contributed by atoms with E-state index in [2.05, 4.69) is 0 Å². The fraction of sp³-hybridized carbons (Fsp3) is 0.857. The minimum atomic E-state index is -0.564. The molecule has 0 saturated carbocycles. The maximum Gasteiger partial charge on any atom is 0.411 e. The number of rotatable bonds is 3. The summed E-state index contributed by atoms with van der Waals surface area (Å²) in [5, 5.41) is 0. The highest BCUT2D eigenvalue weighted by Gasteiger charge is 2.37. The van der Waals surface area contributed by atoms with Crippen molar-refractivity contribution in [1.29, 1.82) is 0 Å². The molecule has 1 amide bonds. The molecule has 18 heavy (non-hydrogen) atoms. The summed E-state index contributed by atoms with van der Waals surface area (Å²) in [6.45, 7) is 15.0. The van der Waals surface area contributed by atoms with Crippen LogP contribution in [0.3, 0.4) is 0 Å². The predicted octanol–water partition coefficient (Wildman–Crippen LogP) is 3.25. The van der Waals surface area contributed by atoms with Crippen molar-refractivity contribution in [2.75, 3.05) is 0 Å². The zero-order valence-electron chi connectivity index (χ0n) is 12.9. The molecule has 0 aromatic heterocycles. The number of aldehydes is 1. The highest BCUT2D eigenvalue weighted by Crippen LogP contribution is 2.24. The summed E-state index contributed by atoms with van der Waals surface area (Å²) in [7, 11) is 0. The van der Waals surface area contributed by atoms with Crippen LogP contribution in [-0.4, -0.2) is 34.5 Å². The Balaban J connectivity index is 5.25. The van der Waals surface area contributed by atoms with Crippen LogP contribution in [0.1, 0.15) is 55.4 Å². The summed E-state index contributed by atoms with van der Waals surface area (Å²) in [6.07, 6.45) is 0.376. The Morgan fingerprint density at radius 3 is 1.78 bits per heavy atom. The van der Waals surface area contributed by atoms with Crippen LogP contribution in [0.4, 0.5) is 4.79 Å². The summed E-state index contributed by atoms with van der Waals surface area (Å²) < 4.78 is 5.39. The summed E-state index contributed by atoms with van der Waals surface area (Å²) >= 11 is 0. The molecule has 4 nitrogen and oxygen atoms in total. The highest BCUT2D eigenvalue weighted by atomic mass is 16.6. The lowest BCUT2D eigenvalue weighted by molar-refractivity contribution is -0.116. The minimum absolute atomic E-state index is 0.0502. The van der Waals surface area contributed by atoms with Crippen LogP contribution in [0, 0.1) is 5.92 Å². The van der Waals surface area contributed by atoms with Gasteiger partial charge in [0.15, 0.2) is 0 Å². The molecule has 0 aromatic rings. The van der Waals surface area contributed by atoms with Gasteiger partial charge in [0.2, 0.25) is 0 Å². The molecule has 0 N–H and O–H groups in total. The van der Waals surface area contributed by atoms with E-state index in [9.17, 15) is 9.59 Å². The van der Waals surface area contributed by atoms with Crippen LogP contribution in [0.15, 0.2) is 0 Å². The quantitative estimate of drug-likeness (QED) is 0.729. The number of carbonyl (C=O) groups is 2. The van der Waals surface area contributed by atoms with Crippen molar-refractivity contribution in [1.82, 2.24) is 4.90 Å². The Morgan fingerprint density at radius 1 is 1.11 bits per heavy atom. The summed E-state index contributed by atoms with van der Waals surface area (Å²) in [4.78, 5) is 25.0. The summed E-state index contributed by atoms with van der Waals surface area (Å²) in [5.74, 6) is 0.0502. The molecule has 0 heterocycles. The normalized spacial score (nSPS) is 14.3. The van der Waals surface area contributed by atoms with Crippen molar-refractivity contribution in [3.8, 4) is 0 Å². The van der Waals surface area contributed by atoms with Crippen LogP contribution < -0.4 is 0 Å². The third kappa shape index (κ3) is 5.07. The van der Waals surface area contributed by atoms with E-state index in [0.717, 1.165) is 6.29 Å². The third-order valence-electron chi connectivity index (χ3n) is 2.43. The fourth-order valence-corrected chi connectivity index (χ4v) is 1.67. The smallest absolute Gasteiger partial charge is 0.411 e. The van der Waals surface area contributed by atoms with Gasteiger partial charge in [-0.15, -0.1) is 0 Å². The second-order valence-corrected chi connectivity index (χ2v) is 6.89. The van der Waals surface area contributed by atoms with Gasteiger partial charge in [-0.2, -0.15) is 0 Å². The average molecular weight is 257 g/mol. The molecule has 106 valence electrons. The molecule has 0 rings (SSSR count). The Labute approximate surface area is 111 Å². The highest BCUT2D eigenvalue weighted by molar-refractivity contribution is 5.74. The van der Waals surface area contributed by atoms with E-state index < -0.39 is 23.3 Å². The Hall–Kier alpha value is -1.06. The second-order valence-electron chi connectivity index (χ2n) is 6.89. The lowest BCUT2D eigenvalue weighted by Gasteiger charge is -2.41. The van der Waals surface area contributed by atoms with Gasteiger partial charge < -0.3 is 9.53 Å². The molecule has 0 aliphatic rings. The number of ether oxygens (including phenoxy) is 1. The van der Waals surface area contributed by atoms with E-state index >= 15 is 0 Å². The first kappa shape index (κ1) is 16.9. The Bertz CT molecular complexity index is 297. The maximum atomic E-state index is 12.3. The summed E-state index contributed by atoms with van der Waals surface area (Å²) in [6, 6.07) is -0.472. The Morgan fingerprint density at radius 2 is 1.56 bits per heavy atom. The lowest BCUT2D eigenvalue weighted by Crippen LogP contribution is -2.55. The molecular weight excluding hydrogens is 230 g/mol. The molecular formula is C14H27NO3. The molecule has 1 unspecified atom stereocenters. The van der Waals surface area contributed by atoms with Crippen molar-refractivity contribution < 1.29 is 14.3 Å². The zero-order chi connectivity index (χ0) is 14.7. The van der Waals surface area contributed by atoms with E-state index in [0.29, 0.717) is 0 Å². The van der Waals surface area contributed by atoms with Gasteiger partial charge in [0, 0.05) is 5.54 Å². The largest absolute Gasteiger partial charge is 0.444 e. The first-order chi connectivity index (χ1) is 7.90. The number of carbonyl (C=O) groups excluding carboxylic acids is 2. The van der Waals surface area contributed by atoms with Crippen molar-refractivity contribution in [2.45, 2.75) is 72.6 Å². The van der Waals surface area contributed by atoms with Gasteiger partial charge >= 0.3 is 6.09 Å². The topological polar surface area (TPSA) is 46.6 Å². The molecule has 0 aliphatic heterocycles. The fourth-order valence-electron chi connectivity index (χ4n) is 1.67. The number of hydrogen-bond donors (Lipinski definition) is 0. The summed E-state index contributed by atoms with van der Waals surface area (Å²) in [5.41, 5.74) is -1.02. The van der Waals surface area contributed by atoms with Crippen LogP contribution in [0.25, 0.3) is 0 Å². The maximum absolute atomic E-state index is 12.3. The molecule has 0 radical (unpaired) electrons.